The molecule has 3 N–H and O–H groups in total. The second kappa shape index (κ2) is 13.0. The molecule has 0 aromatic carbocycles. The highest BCUT2D eigenvalue weighted by atomic mass is 19.5. The van der Waals surface area contributed by atoms with E-state index in [2.05, 4.69) is 6.92 Å². The molecule has 0 radical (unpaired) electrons. The molecule has 18 heavy (non-hydrogen) atoms. The zero-order valence-electron chi connectivity index (χ0n) is 10.2. The molecule has 0 saturated carbocycles. The van der Waals surface area contributed by atoms with Crippen molar-refractivity contribution < 1.29 is 42.4 Å². The summed E-state index contributed by atoms with van der Waals surface area (Å²) >= 11 is 0. The molecule has 0 aliphatic carbocycles. The number of quaternary nitrogens is 1. The van der Waals surface area contributed by atoms with Crippen LogP contribution in [0, 0.1) is 0 Å². The molecule has 0 spiro atoms. The molecule has 0 rings (SSSR count). The number of hydrogen-bond acceptors (Lipinski definition) is 4. The van der Waals surface area contributed by atoms with Gasteiger partial charge < -0.3 is 27.5 Å². The Balaban J connectivity index is 0. The smallest absolute Gasteiger partial charge is 0.418 e. The van der Waals surface area contributed by atoms with Gasteiger partial charge in [0.15, 0.2) is 0 Å². The second-order valence-electron chi connectivity index (χ2n) is 3.11. The minimum atomic E-state index is -6.00. The zero-order valence-corrected chi connectivity index (χ0v) is 10.2. The molecule has 0 aliphatic rings. The van der Waals surface area contributed by atoms with Crippen molar-refractivity contribution >= 4 is 7.25 Å². The minimum absolute atomic E-state index is 0.0158. The molecule has 0 saturated heterocycles. The van der Waals surface area contributed by atoms with E-state index in [4.69, 9.17) is 19.9 Å². The predicted octanol–water partition coefficient (Wildman–Crippen LogP) is -0.181. The summed E-state index contributed by atoms with van der Waals surface area (Å²) in [5.41, 5.74) is 0. The molecule has 0 heterocycles. The van der Waals surface area contributed by atoms with E-state index in [9.17, 15) is 17.3 Å². The van der Waals surface area contributed by atoms with Gasteiger partial charge >= 0.3 is 7.25 Å². The number of hydrogen-bond donors (Lipinski definition) is 3. The van der Waals surface area contributed by atoms with Crippen molar-refractivity contribution in [2.24, 2.45) is 0 Å². The van der Waals surface area contributed by atoms with Gasteiger partial charge in [-0.25, -0.2) is 0 Å². The van der Waals surface area contributed by atoms with E-state index in [-0.39, 0.29) is 26.4 Å². The van der Waals surface area contributed by atoms with Crippen molar-refractivity contribution in [3.8, 4) is 0 Å². The van der Waals surface area contributed by atoms with Gasteiger partial charge in [-0.05, 0) is 0 Å². The van der Waals surface area contributed by atoms with Gasteiger partial charge in [0, 0.05) is 6.42 Å². The van der Waals surface area contributed by atoms with E-state index >= 15 is 0 Å². The normalized spacial score (nSPS) is 11.3. The summed E-state index contributed by atoms with van der Waals surface area (Å²) in [6, 6.07) is 0. The maximum Gasteiger partial charge on any atom is 0.673 e. The Bertz CT molecular complexity index is 151. The molecule has 0 atom stereocenters. The number of aliphatic hydroxyl groups is 2. The summed E-state index contributed by atoms with van der Waals surface area (Å²) < 4.78 is 39.0. The first-order chi connectivity index (χ1) is 8.35. The van der Waals surface area contributed by atoms with E-state index in [1.807, 2.05) is 0 Å². The van der Waals surface area contributed by atoms with Crippen LogP contribution in [0.4, 0.5) is 17.3 Å². The van der Waals surface area contributed by atoms with Gasteiger partial charge in [0.2, 0.25) is 0 Å². The molecular weight excluding hydrogens is 261 g/mol. The summed E-state index contributed by atoms with van der Waals surface area (Å²) in [6.07, 6.45) is 2.06. The van der Waals surface area contributed by atoms with Gasteiger partial charge in [0.25, 0.3) is 0 Å². The number of halogens is 4. The van der Waals surface area contributed by atoms with Crippen LogP contribution in [0.15, 0.2) is 0 Å². The van der Waals surface area contributed by atoms with Crippen LogP contribution in [-0.2, 0) is 9.68 Å². The topological polar surface area (TPSA) is 63.4 Å². The molecule has 5 nitrogen and oxygen atoms in total. The first-order valence-electron chi connectivity index (χ1n) is 5.55. The lowest BCUT2D eigenvalue weighted by molar-refractivity contribution is -1.24. The van der Waals surface area contributed by atoms with Crippen LogP contribution >= 0.6 is 0 Å². The fourth-order valence-electron chi connectivity index (χ4n) is 0.826. The van der Waals surface area contributed by atoms with E-state index in [0.717, 1.165) is 19.4 Å². The number of hydroxylamine groups is 2. The molecule has 0 unspecified atom stereocenters. The van der Waals surface area contributed by atoms with Gasteiger partial charge in [-0.1, -0.05) is 18.6 Å². The van der Waals surface area contributed by atoms with Crippen molar-refractivity contribution in [2.75, 3.05) is 33.0 Å². The van der Waals surface area contributed by atoms with Crippen LogP contribution in [0.5, 0.6) is 0 Å². The lowest BCUT2D eigenvalue weighted by Crippen LogP contribution is -3.10. The van der Waals surface area contributed by atoms with Crippen LogP contribution in [0.25, 0.3) is 0 Å². The molecule has 0 aliphatic heterocycles. The third kappa shape index (κ3) is 24.7. The number of rotatable bonds is 9. The molecule has 0 amide bonds. The molecule has 10 heteroatoms. The lowest BCUT2D eigenvalue weighted by atomic mass is 10.3. The molecule has 112 valence electrons. The van der Waals surface area contributed by atoms with Crippen molar-refractivity contribution in [3.63, 3.8) is 0 Å². The Morgan fingerprint density at radius 2 is 1.39 bits per heavy atom. The van der Waals surface area contributed by atoms with E-state index < -0.39 is 7.25 Å². The minimum Gasteiger partial charge on any atom is -0.418 e. The Labute approximate surface area is 103 Å². The van der Waals surface area contributed by atoms with E-state index in [1.54, 1.807) is 0 Å². The average Bonchev–Trinajstić information content (AvgIpc) is 2.26. The van der Waals surface area contributed by atoms with Crippen molar-refractivity contribution in [1.29, 1.82) is 0 Å². The van der Waals surface area contributed by atoms with Crippen molar-refractivity contribution in [3.05, 3.63) is 0 Å². The third-order valence-corrected chi connectivity index (χ3v) is 1.44. The molecule has 0 aromatic rings. The van der Waals surface area contributed by atoms with Gasteiger partial charge in [-0.15, -0.1) is 0 Å². The first kappa shape index (κ1) is 19.9. The fraction of sp³-hybridized carbons (Fsp3) is 1.00. The molecular formula is C8H20BF4NO4. The van der Waals surface area contributed by atoms with Crippen LogP contribution < -0.4 is 5.23 Å². The number of aliphatic hydroxyl groups excluding tert-OH is 2. The van der Waals surface area contributed by atoms with Gasteiger partial charge in [-0.2, -0.15) is 9.68 Å². The molecule has 0 bridgehead atoms. The third-order valence-electron chi connectivity index (χ3n) is 1.44. The van der Waals surface area contributed by atoms with E-state index in [0.29, 0.717) is 5.23 Å². The lowest BCUT2D eigenvalue weighted by Gasteiger charge is -2.14. The van der Waals surface area contributed by atoms with Crippen molar-refractivity contribution in [1.82, 2.24) is 0 Å². The summed E-state index contributed by atoms with van der Waals surface area (Å²) in [5.74, 6) is 0. The highest BCUT2D eigenvalue weighted by Gasteiger charge is 2.20. The fourth-order valence-corrected chi connectivity index (χ4v) is 0.826. The Kier molecular flexibility index (Phi) is 14.4. The van der Waals surface area contributed by atoms with Crippen molar-refractivity contribution in [2.45, 2.75) is 19.8 Å². The first-order valence-corrected chi connectivity index (χ1v) is 5.55. The van der Waals surface area contributed by atoms with Crippen LogP contribution in [0.2, 0.25) is 0 Å². The maximum atomic E-state index is 9.75. The monoisotopic (exact) mass is 281 g/mol. The average molecular weight is 281 g/mol. The largest absolute Gasteiger partial charge is 0.673 e. The van der Waals surface area contributed by atoms with Crippen LogP contribution in [0.1, 0.15) is 19.8 Å². The predicted molar refractivity (Wildman–Crippen MR) is 57.0 cm³/mol. The van der Waals surface area contributed by atoms with Gasteiger partial charge in [0.1, 0.15) is 19.8 Å². The molecule has 0 fully saturated rings. The van der Waals surface area contributed by atoms with Gasteiger partial charge in [-0.3, -0.25) is 0 Å². The maximum absolute atomic E-state index is 9.75. The number of nitrogens with one attached hydrogen (secondary N) is 1. The standard InChI is InChI=1S/C8H19NO4.BF4/c1-2-3-4-9(12-7-5-10)13-8-6-11;2-1(3,4)5/h10-11H,2-8H2,1H3;/q;-1/p+1. The highest BCUT2D eigenvalue weighted by Crippen LogP contribution is 2.06. The SMILES string of the molecule is CCCC[NH+](OCCO)OCCO.F[B-](F)(F)F. The van der Waals surface area contributed by atoms with E-state index in [1.165, 1.54) is 0 Å². The zero-order chi connectivity index (χ0) is 14.4. The summed E-state index contributed by atoms with van der Waals surface area (Å²) in [7, 11) is -6.00. The summed E-state index contributed by atoms with van der Waals surface area (Å²) in [4.78, 5) is 10.3. The summed E-state index contributed by atoms with van der Waals surface area (Å²) in [6.45, 7) is 3.29. The Morgan fingerprint density at radius 3 is 1.67 bits per heavy atom. The highest BCUT2D eigenvalue weighted by molar-refractivity contribution is 6.50. The molecule has 0 aromatic heterocycles. The quantitative estimate of drug-likeness (QED) is 0.312. The second-order valence-corrected chi connectivity index (χ2v) is 3.11. The number of unbranched alkanes of at least 4 members (excludes halogenated alkanes) is 1. The van der Waals surface area contributed by atoms with Gasteiger partial charge in [0.05, 0.1) is 13.2 Å². The summed E-state index contributed by atoms with van der Waals surface area (Å²) in [5, 5.41) is 17.6. The van der Waals surface area contributed by atoms with Crippen LogP contribution in [-0.4, -0.2) is 50.4 Å². The van der Waals surface area contributed by atoms with Crippen LogP contribution in [0.3, 0.4) is 0 Å². The Hall–Kier alpha value is -0.415. The Morgan fingerprint density at radius 1 is 1.00 bits per heavy atom.